The fourth-order valence-electron chi connectivity index (χ4n) is 6.19. The van der Waals surface area contributed by atoms with Crippen molar-refractivity contribution in [3.05, 3.63) is 81.4 Å². The van der Waals surface area contributed by atoms with Gasteiger partial charge in [-0.3, -0.25) is 19.6 Å². The summed E-state index contributed by atoms with van der Waals surface area (Å²) in [6.07, 6.45) is 2.37. The first-order valence-electron chi connectivity index (χ1n) is 15.2. The number of β-amino-alcohol motifs (C(OH)–C–C–N with tert-alkyl or cyclic N) is 2. The van der Waals surface area contributed by atoms with Gasteiger partial charge in [-0.25, -0.2) is 9.97 Å². The Hall–Kier alpha value is -3.84. The number of hydrogen-bond acceptors (Lipinski definition) is 10. The Kier molecular flexibility index (Phi) is 9.65. The molecule has 13 heteroatoms. The first-order chi connectivity index (χ1) is 22.6. The Labute approximate surface area is 283 Å². The number of ether oxygens (including phenoxy) is 2. The second-order valence-corrected chi connectivity index (χ2v) is 12.8. The molecule has 2 aromatic carbocycles. The van der Waals surface area contributed by atoms with Crippen molar-refractivity contribution >= 4 is 34.8 Å². The number of nitrogens with one attached hydrogen (secondary N) is 1. The number of pyridine rings is 1. The highest BCUT2D eigenvalue weighted by Crippen LogP contribution is 2.41. The van der Waals surface area contributed by atoms with Crippen LogP contribution in [0.5, 0.6) is 11.6 Å². The zero-order chi connectivity index (χ0) is 33.3. The molecule has 0 atom stereocenters. The molecule has 0 radical (unpaired) electrons. The van der Waals surface area contributed by atoms with Crippen LogP contribution in [0.15, 0.2) is 48.7 Å². The fraction of sp³-hybridized carbons (Fsp3) is 0.353. The van der Waals surface area contributed by atoms with Crippen molar-refractivity contribution in [3.8, 4) is 34.0 Å². The van der Waals surface area contributed by atoms with E-state index in [1.54, 1.807) is 45.5 Å². The molecule has 11 nitrogen and oxygen atoms in total. The predicted molar refractivity (Wildman–Crippen MR) is 180 cm³/mol. The van der Waals surface area contributed by atoms with Crippen LogP contribution in [0.3, 0.4) is 0 Å². The van der Waals surface area contributed by atoms with Gasteiger partial charge in [-0.05, 0) is 19.4 Å². The molecule has 4 aromatic rings. The van der Waals surface area contributed by atoms with E-state index in [0.717, 1.165) is 17.8 Å². The molecule has 2 aromatic heterocycles. The largest absolute Gasteiger partial charge is 0.496 e. The molecule has 3 N–H and O–H groups in total. The Morgan fingerprint density at radius 3 is 2.45 bits per heavy atom. The number of aliphatic hydroxyl groups is 2. The Bertz CT molecular complexity index is 1810. The van der Waals surface area contributed by atoms with Gasteiger partial charge < -0.3 is 25.0 Å². The molecular formula is C34H36Cl2N6O5. The van der Waals surface area contributed by atoms with Crippen LogP contribution in [-0.4, -0.2) is 93.5 Å². The van der Waals surface area contributed by atoms with Gasteiger partial charge in [0.1, 0.15) is 17.1 Å². The van der Waals surface area contributed by atoms with Gasteiger partial charge in [0.2, 0.25) is 5.88 Å². The van der Waals surface area contributed by atoms with Gasteiger partial charge in [-0.2, -0.15) is 0 Å². The molecule has 1 fully saturated rings. The summed E-state index contributed by atoms with van der Waals surface area (Å²) in [6, 6.07) is 12.5. The second-order valence-electron chi connectivity index (χ2n) is 12.0. The maximum Gasteiger partial charge on any atom is 0.274 e. The number of aliphatic hydroxyl groups excluding tert-OH is 1. The highest BCUT2D eigenvalue weighted by Gasteiger charge is 2.37. The second kappa shape index (κ2) is 13.7. The minimum absolute atomic E-state index is 0.0485. The van der Waals surface area contributed by atoms with E-state index in [4.69, 9.17) is 37.7 Å². The van der Waals surface area contributed by atoms with Crippen molar-refractivity contribution in [2.24, 2.45) is 0 Å². The van der Waals surface area contributed by atoms with Crippen LogP contribution in [0.2, 0.25) is 10.0 Å². The molecule has 246 valence electrons. The number of fused-ring (bicyclic) bond motifs is 1. The molecular weight excluding hydrogens is 643 g/mol. The lowest BCUT2D eigenvalue weighted by Crippen LogP contribution is -2.59. The molecule has 47 heavy (non-hydrogen) atoms. The van der Waals surface area contributed by atoms with Crippen LogP contribution < -0.4 is 14.8 Å². The fourth-order valence-corrected chi connectivity index (χ4v) is 6.79. The van der Waals surface area contributed by atoms with Crippen LogP contribution in [0.25, 0.3) is 22.4 Å². The van der Waals surface area contributed by atoms with Crippen LogP contribution in [-0.2, 0) is 19.5 Å². The van der Waals surface area contributed by atoms with Gasteiger partial charge in [-0.1, -0.05) is 53.5 Å². The van der Waals surface area contributed by atoms with E-state index in [1.165, 1.54) is 0 Å². The minimum Gasteiger partial charge on any atom is -0.496 e. The highest BCUT2D eigenvalue weighted by atomic mass is 35.5. The Balaban J connectivity index is 1.25. The molecule has 0 spiro atoms. The summed E-state index contributed by atoms with van der Waals surface area (Å²) in [7, 11) is 3.12. The van der Waals surface area contributed by atoms with Crippen molar-refractivity contribution in [2.45, 2.75) is 32.0 Å². The number of rotatable bonds is 10. The molecule has 0 unspecified atom stereocenters. The number of methoxy groups -OCH3 is 2. The summed E-state index contributed by atoms with van der Waals surface area (Å²) in [5, 5.41) is 23.1. The normalized spacial score (nSPS) is 15.9. The first-order valence-corrected chi connectivity index (χ1v) is 16.0. The molecule has 0 aliphatic carbocycles. The third-order valence-corrected chi connectivity index (χ3v) is 9.22. The molecule has 0 saturated carbocycles. The van der Waals surface area contributed by atoms with Gasteiger partial charge in [0.15, 0.2) is 0 Å². The molecule has 1 saturated heterocycles. The summed E-state index contributed by atoms with van der Waals surface area (Å²) in [6.45, 7) is 5.28. The van der Waals surface area contributed by atoms with Crippen molar-refractivity contribution in [3.63, 3.8) is 0 Å². The molecule has 2 aliphatic heterocycles. The standard InChI is InChI=1S/C34H36Cl2N6O5/c1-34(45)18-42(19-34)17-28-33(47-3)40-26(15-37-28)23-8-4-6-20(30(23)35)21-7-5-9-24(31(21)36)39-32(44)25-14-29(46-2)22-10-11-41(12-13-43)16-27(22)38-25/h4-9,14-15,43,45H,10-13,16-19H2,1-3H3,(H,39,44). The van der Waals surface area contributed by atoms with Gasteiger partial charge in [0, 0.05) is 67.6 Å². The molecule has 2 aliphatic rings. The lowest BCUT2D eigenvalue weighted by Gasteiger charge is -2.44. The van der Waals surface area contributed by atoms with Crippen LogP contribution in [0.4, 0.5) is 5.69 Å². The number of hydrogen-bond donors (Lipinski definition) is 3. The van der Waals surface area contributed by atoms with Gasteiger partial charge >= 0.3 is 0 Å². The van der Waals surface area contributed by atoms with Crippen molar-refractivity contribution < 1.29 is 24.5 Å². The van der Waals surface area contributed by atoms with Crippen LogP contribution in [0.1, 0.15) is 34.4 Å². The maximum atomic E-state index is 13.5. The van der Waals surface area contributed by atoms with E-state index in [-0.39, 0.29) is 12.3 Å². The number of carbonyl (C=O) groups is 1. The van der Waals surface area contributed by atoms with Crippen LogP contribution in [0, 0.1) is 0 Å². The maximum absolute atomic E-state index is 13.5. The smallest absolute Gasteiger partial charge is 0.274 e. The van der Waals surface area contributed by atoms with Crippen LogP contribution >= 0.6 is 23.2 Å². The molecule has 0 bridgehead atoms. The Morgan fingerprint density at radius 1 is 1.02 bits per heavy atom. The van der Waals surface area contributed by atoms with E-state index in [0.29, 0.717) is 94.6 Å². The van der Waals surface area contributed by atoms with E-state index in [1.807, 2.05) is 24.3 Å². The summed E-state index contributed by atoms with van der Waals surface area (Å²) in [5.74, 6) is 0.550. The highest BCUT2D eigenvalue weighted by molar-refractivity contribution is 6.39. The summed E-state index contributed by atoms with van der Waals surface area (Å²) in [5.41, 5.74) is 4.72. The van der Waals surface area contributed by atoms with Crippen molar-refractivity contribution in [1.82, 2.24) is 24.8 Å². The zero-order valence-electron chi connectivity index (χ0n) is 26.4. The number of nitrogens with zero attached hydrogens (tertiary/aromatic N) is 5. The van der Waals surface area contributed by atoms with E-state index in [9.17, 15) is 15.0 Å². The summed E-state index contributed by atoms with van der Waals surface area (Å²) >= 11 is 13.9. The van der Waals surface area contributed by atoms with Crippen molar-refractivity contribution in [2.75, 3.05) is 52.3 Å². The first kappa shape index (κ1) is 33.1. The average Bonchev–Trinajstić information content (AvgIpc) is 3.05. The number of likely N-dealkylation sites (tertiary alicyclic amines) is 1. The third-order valence-electron chi connectivity index (χ3n) is 8.41. The topological polar surface area (TPSA) is 133 Å². The number of aromatic nitrogens is 3. The molecule has 1 amide bonds. The van der Waals surface area contributed by atoms with Gasteiger partial charge in [0.25, 0.3) is 5.91 Å². The van der Waals surface area contributed by atoms with Gasteiger partial charge in [-0.15, -0.1) is 0 Å². The summed E-state index contributed by atoms with van der Waals surface area (Å²) in [4.78, 5) is 31.6. The minimum atomic E-state index is -0.690. The number of amides is 1. The lowest BCUT2D eigenvalue weighted by molar-refractivity contribution is -0.0878. The van der Waals surface area contributed by atoms with Crippen molar-refractivity contribution in [1.29, 1.82) is 0 Å². The quantitative estimate of drug-likeness (QED) is 0.217. The van der Waals surface area contributed by atoms with E-state index >= 15 is 0 Å². The van der Waals surface area contributed by atoms with E-state index in [2.05, 4.69) is 25.1 Å². The van der Waals surface area contributed by atoms with E-state index < -0.39 is 11.5 Å². The summed E-state index contributed by atoms with van der Waals surface area (Å²) < 4.78 is 11.2. The molecule has 4 heterocycles. The predicted octanol–water partition coefficient (Wildman–Crippen LogP) is 4.70. The zero-order valence-corrected chi connectivity index (χ0v) is 27.9. The van der Waals surface area contributed by atoms with Gasteiger partial charge in [0.05, 0.1) is 59.7 Å². The number of benzene rings is 2. The number of halogens is 2. The SMILES string of the molecule is COc1cc(C(=O)Nc2cccc(-c3cccc(-c4cnc(CN5CC(C)(O)C5)c(OC)n4)c3Cl)c2Cl)nc2c1CCN(CCO)C2. The Morgan fingerprint density at radius 2 is 1.74 bits per heavy atom. The number of carbonyl (C=O) groups excluding carboxylic acids is 1. The lowest BCUT2D eigenvalue weighted by atomic mass is 9.97. The number of anilines is 1. The third kappa shape index (κ3) is 6.92. The average molecular weight is 680 g/mol. The molecule has 6 rings (SSSR count). The monoisotopic (exact) mass is 678 g/mol.